The van der Waals surface area contributed by atoms with Crippen LogP contribution in [0.1, 0.15) is 0 Å². The summed E-state index contributed by atoms with van der Waals surface area (Å²) >= 11 is 1.42. The first-order chi connectivity index (χ1) is 15.2. The summed E-state index contributed by atoms with van der Waals surface area (Å²) in [5.74, 6) is 0.821. The van der Waals surface area contributed by atoms with Crippen molar-refractivity contribution in [1.82, 2.24) is 4.98 Å². The largest absolute Gasteiger partial charge is 0.506 e. The summed E-state index contributed by atoms with van der Waals surface area (Å²) in [7, 11) is 1.65. The first-order valence-electron chi connectivity index (χ1n) is 9.82. The van der Waals surface area contributed by atoms with Crippen LogP contribution in [0.4, 0.5) is 0 Å². The molecular weight excluding hydrogens is 406 g/mol. The highest BCUT2D eigenvalue weighted by atomic mass is 32.1. The molecule has 5 rings (SSSR count). The Labute approximate surface area is 183 Å². The van der Waals surface area contributed by atoms with Crippen LogP contribution in [0.3, 0.4) is 0 Å². The SMILES string of the molecule is COc1ccc(-c2cccc(-c3csc4[nH]c(=O)c(-c5ccccc5)c(O)c34)c2)cc1. The number of pyridine rings is 1. The molecule has 0 fully saturated rings. The average molecular weight is 426 g/mol. The van der Waals surface area contributed by atoms with Gasteiger partial charge in [0.15, 0.2) is 0 Å². The number of ether oxygens (including phenoxy) is 1. The van der Waals surface area contributed by atoms with Gasteiger partial charge in [-0.3, -0.25) is 4.79 Å². The van der Waals surface area contributed by atoms with E-state index in [0.717, 1.165) is 28.0 Å². The highest BCUT2D eigenvalue weighted by Crippen LogP contribution is 2.42. The van der Waals surface area contributed by atoms with Crippen molar-refractivity contribution < 1.29 is 9.84 Å². The highest BCUT2D eigenvalue weighted by Gasteiger charge is 2.19. The maximum atomic E-state index is 12.7. The summed E-state index contributed by atoms with van der Waals surface area (Å²) in [5, 5.41) is 13.8. The third-order valence-electron chi connectivity index (χ3n) is 5.38. The average Bonchev–Trinajstić information content (AvgIpc) is 3.24. The lowest BCUT2D eigenvalue weighted by molar-refractivity contribution is 0.415. The fourth-order valence-corrected chi connectivity index (χ4v) is 4.78. The maximum absolute atomic E-state index is 12.7. The fourth-order valence-electron chi connectivity index (χ4n) is 3.82. The van der Waals surface area contributed by atoms with Gasteiger partial charge >= 0.3 is 0 Å². The van der Waals surface area contributed by atoms with Crippen molar-refractivity contribution >= 4 is 21.6 Å². The Morgan fingerprint density at radius 1 is 0.839 bits per heavy atom. The van der Waals surface area contributed by atoms with E-state index < -0.39 is 0 Å². The molecule has 0 unspecified atom stereocenters. The number of fused-ring (bicyclic) bond motifs is 1. The number of hydrogen-bond donors (Lipinski definition) is 2. The highest BCUT2D eigenvalue weighted by molar-refractivity contribution is 7.17. The summed E-state index contributed by atoms with van der Waals surface area (Å²) in [6, 6.07) is 25.3. The lowest BCUT2D eigenvalue weighted by Gasteiger charge is -2.09. The van der Waals surface area contributed by atoms with Crippen molar-refractivity contribution in [3.63, 3.8) is 0 Å². The first-order valence-corrected chi connectivity index (χ1v) is 10.7. The van der Waals surface area contributed by atoms with Crippen molar-refractivity contribution in [1.29, 1.82) is 0 Å². The van der Waals surface area contributed by atoms with Crippen LogP contribution in [0, 0.1) is 0 Å². The molecule has 0 aliphatic carbocycles. The standard InChI is InChI=1S/C26H19NO3S/c1-30-20-12-10-16(11-13-20)18-8-5-9-19(14-18)21-15-31-26-23(21)24(28)22(25(29)27-26)17-6-3-2-4-7-17/h2-15H,1H3,(H2,27,28,29). The quantitative estimate of drug-likeness (QED) is 0.355. The van der Waals surface area contributed by atoms with Gasteiger partial charge in [-0.05, 0) is 40.5 Å². The Kier molecular flexibility index (Phi) is 4.81. The number of benzene rings is 3. The molecule has 4 nitrogen and oxygen atoms in total. The van der Waals surface area contributed by atoms with Gasteiger partial charge in [-0.15, -0.1) is 11.3 Å². The number of rotatable bonds is 4. The molecule has 0 bridgehead atoms. The molecule has 3 aromatic carbocycles. The normalized spacial score (nSPS) is 11.0. The van der Waals surface area contributed by atoms with E-state index >= 15 is 0 Å². The molecule has 0 atom stereocenters. The monoisotopic (exact) mass is 425 g/mol. The molecular formula is C26H19NO3S. The van der Waals surface area contributed by atoms with Crippen molar-refractivity contribution in [2.75, 3.05) is 7.11 Å². The van der Waals surface area contributed by atoms with Gasteiger partial charge in [-0.2, -0.15) is 0 Å². The molecule has 0 saturated heterocycles. The molecule has 0 saturated carbocycles. The number of nitrogens with one attached hydrogen (secondary N) is 1. The van der Waals surface area contributed by atoms with Crippen LogP contribution in [-0.2, 0) is 0 Å². The summed E-state index contributed by atoms with van der Waals surface area (Å²) in [6.45, 7) is 0. The third-order valence-corrected chi connectivity index (χ3v) is 6.27. The van der Waals surface area contributed by atoms with E-state index in [-0.39, 0.29) is 11.3 Å². The van der Waals surface area contributed by atoms with Gasteiger partial charge in [0.25, 0.3) is 5.56 Å². The van der Waals surface area contributed by atoms with Crippen molar-refractivity contribution in [2.45, 2.75) is 0 Å². The number of aromatic amines is 1. The number of H-pyrrole nitrogens is 1. The predicted molar refractivity (Wildman–Crippen MR) is 127 cm³/mol. The van der Waals surface area contributed by atoms with Gasteiger partial charge in [-0.25, -0.2) is 0 Å². The molecule has 0 aliphatic rings. The Bertz CT molecular complexity index is 1430. The minimum atomic E-state index is -0.295. The second-order valence-electron chi connectivity index (χ2n) is 7.21. The van der Waals surface area contributed by atoms with E-state index in [1.54, 1.807) is 7.11 Å². The van der Waals surface area contributed by atoms with E-state index in [0.29, 0.717) is 21.3 Å². The van der Waals surface area contributed by atoms with Crippen molar-refractivity contribution in [2.24, 2.45) is 0 Å². The molecule has 0 amide bonds. The molecule has 2 N–H and O–H groups in total. The maximum Gasteiger partial charge on any atom is 0.260 e. The van der Waals surface area contributed by atoms with E-state index in [9.17, 15) is 9.90 Å². The summed E-state index contributed by atoms with van der Waals surface area (Å²) in [6.07, 6.45) is 0. The van der Waals surface area contributed by atoms with E-state index in [2.05, 4.69) is 17.1 Å². The number of methoxy groups -OCH3 is 1. The van der Waals surface area contributed by atoms with Gasteiger partial charge in [0, 0.05) is 10.9 Å². The van der Waals surface area contributed by atoms with Crippen LogP contribution in [0.2, 0.25) is 0 Å². The second kappa shape index (κ2) is 7.78. The van der Waals surface area contributed by atoms with E-state index in [4.69, 9.17) is 4.74 Å². The lowest BCUT2D eigenvalue weighted by atomic mass is 9.97. The molecule has 2 aromatic heterocycles. The molecule has 5 aromatic rings. The van der Waals surface area contributed by atoms with Crippen LogP contribution in [-0.4, -0.2) is 17.2 Å². The zero-order valence-corrected chi connectivity index (χ0v) is 17.6. The zero-order valence-electron chi connectivity index (χ0n) is 16.8. The number of thiophene rings is 1. The molecule has 0 spiro atoms. The molecule has 0 aliphatic heterocycles. The Morgan fingerprint density at radius 3 is 2.29 bits per heavy atom. The van der Waals surface area contributed by atoms with Gasteiger partial charge in [0.1, 0.15) is 16.3 Å². The Hall–Kier alpha value is -3.83. The first kappa shape index (κ1) is 19.2. The zero-order chi connectivity index (χ0) is 21.4. The number of hydrogen-bond acceptors (Lipinski definition) is 4. The van der Waals surface area contributed by atoms with Gasteiger partial charge in [0.05, 0.1) is 18.1 Å². The molecule has 2 heterocycles. The lowest BCUT2D eigenvalue weighted by Crippen LogP contribution is -2.08. The second-order valence-corrected chi connectivity index (χ2v) is 8.09. The van der Waals surface area contributed by atoms with E-state index in [1.165, 1.54) is 11.3 Å². The summed E-state index contributed by atoms with van der Waals surface area (Å²) in [4.78, 5) is 16.3. The molecule has 5 heteroatoms. The van der Waals surface area contributed by atoms with Crippen molar-refractivity contribution in [3.05, 3.63) is 94.6 Å². The van der Waals surface area contributed by atoms with Crippen LogP contribution in [0.15, 0.2) is 89.0 Å². The third kappa shape index (κ3) is 3.39. The van der Waals surface area contributed by atoms with Gasteiger partial charge in [-0.1, -0.05) is 60.7 Å². The van der Waals surface area contributed by atoms with Crippen molar-refractivity contribution in [3.8, 4) is 44.9 Å². The minimum Gasteiger partial charge on any atom is -0.506 e. The smallest absolute Gasteiger partial charge is 0.260 e. The van der Waals surface area contributed by atoms with Crippen LogP contribution in [0.25, 0.3) is 43.6 Å². The topological polar surface area (TPSA) is 62.3 Å². The molecule has 152 valence electrons. The van der Waals surface area contributed by atoms with E-state index in [1.807, 2.05) is 72.1 Å². The Morgan fingerprint density at radius 2 is 1.55 bits per heavy atom. The Balaban J connectivity index is 1.67. The summed E-state index contributed by atoms with van der Waals surface area (Å²) in [5.41, 5.74) is 4.68. The summed E-state index contributed by atoms with van der Waals surface area (Å²) < 4.78 is 5.25. The predicted octanol–water partition coefficient (Wildman–Crippen LogP) is 6.30. The van der Waals surface area contributed by atoms with Gasteiger partial charge < -0.3 is 14.8 Å². The number of aromatic nitrogens is 1. The van der Waals surface area contributed by atoms with Crippen LogP contribution >= 0.6 is 11.3 Å². The van der Waals surface area contributed by atoms with Gasteiger partial charge in [0.2, 0.25) is 0 Å². The van der Waals surface area contributed by atoms with Crippen LogP contribution in [0.5, 0.6) is 11.5 Å². The minimum absolute atomic E-state index is 0.0102. The number of aromatic hydroxyl groups is 1. The molecule has 0 radical (unpaired) electrons. The molecule has 31 heavy (non-hydrogen) atoms. The fraction of sp³-hybridized carbons (Fsp3) is 0.0385. The van der Waals surface area contributed by atoms with Crippen LogP contribution < -0.4 is 10.3 Å².